The quantitative estimate of drug-likeness (QED) is 0.284. The van der Waals surface area contributed by atoms with Crippen LogP contribution in [-0.4, -0.2) is 11.9 Å². The molecule has 150 valence electrons. The van der Waals surface area contributed by atoms with Crippen molar-refractivity contribution >= 4 is 49.8 Å². The van der Waals surface area contributed by atoms with Gasteiger partial charge in [0, 0.05) is 5.56 Å². The van der Waals surface area contributed by atoms with E-state index in [2.05, 4.69) is 55.9 Å². The molecule has 0 aliphatic carbocycles. The predicted octanol–water partition coefficient (Wildman–Crippen LogP) is 6.44. The third-order valence-corrected chi connectivity index (χ3v) is 5.61. The normalized spacial score (nSPS) is 14.6. The SMILES string of the molecule is Cc1cccc(COc2c(Br)cc(/C=C3\N=C(c4ccccc4)OC3=O)cc2Br)c1. The van der Waals surface area contributed by atoms with Gasteiger partial charge < -0.3 is 9.47 Å². The highest BCUT2D eigenvalue weighted by Gasteiger charge is 2.24. The lowest BCUT2D eigenvalue weighted by Crippen LogP contribution is -2.04. The van der Waals surface area contributed by atoms with Crippen molar-refractivity contribution in [3.05, 3.63) is 104 Å². The first kappa shape index (κ1) is 20.6. The molecule has 0 spiro atoms. The lowest BCUT2D eigenvalue weighted by atomic mass is 10.1. The number of ether oxygens (including phenoxy) is 2. The molecule has 6 heteroatoms. The van der Waals surface area contributed by atoms with E-state index in [0.29, 0.717) is 18.3 Å². The molecule has 4 rings (SSSR count). The van der Waals surface area contributed by atoms with Gasteiger partial charge in [0.1, 0.15) is 12.4 Å². The van der Waals surface area contributed by atoms with Crippen molar-refractivity contribution in [1.82, 2.24) is 0 Å². The van der Waals surface area contributed by atoms with Gasteiger partial charge in [-0.3, -0.25) is 0 Å². The number of hydrogen-bond acceptors (Lipinski definition) is 4. The highest BCUT2D eigenvalue weighted by Crippen LogP contribution is 2.36. The number of hydrogen-bond donors (Lipinski definition) is 0. The van der Waals surface area contributed by atoms with Crippen molar-refractivity contribution in [1.29, 1.82) is 0 Å². The van der Waals surface area contributed by atoms with Gasteiger partial charge in [-0.05, 0) is 80.3 Å². The van der Waals surface area contributed by atoms with Gasteiger partial charge in [0.15, 0.2) is 5.70 Å². The standard InChI is InChI=1S/C24H17Br2NO3/c1-15-6-5-7-16(10-15)14-29-22-19(25)11-17(12-20(22)26)13-21-24(28)30-23(27-21)18-8-3-2-4-9-18/h2-13H,14H2,1H3/b21-13-. The minimum atomic E-state index is -0.471. The van der Waals surface area contributed by atoms with Crippen molar-refractivity contribution < 1.29 is 14.3 Å². The van der Waals surface area contributed by atoms with Gasteiger partial charge in [-0.2, -0.15) is 0 Å². The Morgan fingerprint density at radius 1 is 1.00 bits per heavy atom. The Kier molecular flexibility index (Phi) is 6.16. The molecule has 4 nitrogen and oxygen atoms in total. The Morgan fingerprint density at radius 3 is 2.43 bits per heavy atom. The first-order valence-electron chi connectivity index (χ1n) is 9.25. The van der Waals surface area contributed by atoms with Crippen LogP contribution >= 0.6 is 31.9 Å². The third-order valence-electron chi connectivity index (χ3n) is 4.43. The number of nitrogens with zero attached hydrogens (tertiary/aromatic N) is 1. The lowest BCUT2D eigenvalue weighted by Gasteiger charge is -2.12. The number of carbonyl (C=O) groups excluding carboxylic acids is 1. The van der Waals surface area contributed by atoms with E-state index in [1.807, 2.05) is 54.6 Å². The van der Waals surface area contributed by atoms with Gasteiger partial charge in [-0.1, -0.05) is 48.0 Å². The largest absolute Gasteiger partial charge is 0.487 e. The summed E-state index contributed by atoms with van der Waals surface area (Å²) in [6.45, 7) is 2.51. The molecule has 0 aromatic heterocycles. The Balaban J connectivity index is 1.55. The smallest absolute Gasteiger partial charge is 0.363 e. The van der Waals surface area contributed by atoms with E-state index in [9.17, 15) is 4.79 Å². The summed E-state index contributed by atoms with van der Waals surface area (Å²) in [5, 5.41) is 0. The van der Waals surface area contributed by atoms with E-state index in [-0.39, 0.29) is 5.70 Å². The van der Waals surface area contributed by atoms with Gasteiger partial charge in [-0.25, -0.2) is 9.79 Å². The van der Waals surface area contributed by atoms with Crippen molar-refractivity contribution in [2.75, 3.05) is 0 Å². The fourth-order valence-corrected chi connectivity index (χ4v) is 4.48. The predicted molar refractivity (Wildman–Crippen MR) is 124 cm³/mol. The Labute approximate surface area is 191 Å². The van der Waals surface area contributed by atoms with E-state index in [1.165, 1.54) is 5.56 Å². The van der Waals surface area contributed by atoms with Crippen LogP contribution in [0.25, 0.3) is 6.08 Å². The summed E-state index contributed by atoms with van der Waals surface area (Å²) in [6.07, 6.45) is 1.69. The van der Waals surface area contributed by atoms with Crippen molar-refractivity contribution in [2.45, 2.75) is 13.5 Å². The second kappa shape index (κ2) is 8.98. The third kappa shape index (κ3) is 4.71. The molecule has 0 bridgehead atoms. The van der Waals surface area contributed by atoms with E-state index in [1.54, 1.807) is 6.08 Å². The molecule has 0 fully saturated rings. The van der Waals surface area contributed by atoms with Crippen LogP contribution in [0.15, 0.2) is 86.4 Å². The van der Waals surface area contributed by atoms with Gasteiger partial charge in [0.2, 0.25) is 5.90 Å². The van der Waals surface area contributed by atoms with Crippen LogP contribution in [0, 0.1) is 6.92 Å². The zero-order valence-electron chi connectivity index (χ0n) is 16.1. The molecule has 0 amide bonds. The molecule has 0 saturated carbocycles. The summed E-state index contributed by atoms with van der Waals surface area (Å²) in [6, 6.07) is 21.3. The van der Waals surface area contributed by atoms with E-state index in [0.717, 1.165) is 25.6 Å². The van der Waals surface area contributed by atoms with Crippen LogP contribution in [0.3, 0.4) is 0 Å². The molecular formula is C24H17Br2NO3. The molecule has 1 heterocycles. The summed E-state index contributed by atoms with van der Waals surface area (Å²) >= 11 is 7.13. The Hall–Kier alpha value is -2.70. The molecule has 1 aliphatic rings. The molecule has 0 atom stereocenters. The van der Waals surface area contributed by atoms with Crippen molar-refractivity contribution in [2.24, 2.45) is 4.99 Å². The van der Waals surface area contributed by atoms with Crippen LogP contribution in [0.1, 0.15) is 22.3 Å². The minimum absolute atomic E-state index is 0.251. The monoisotopic (exact) mass is 525 g/mol. The average Bonchev–Trinajstić information content (AvgIpc) is 3.08. The minimum Gasteiger partial charge on any atom is -0.487 e. The molecule has 0 N–H and O–H groups in total. The maximum Gasteiger partial charge on any atom is 0.363 e. The van der Waals surface area contributed by atoms with E-state index in [4.69, 9.17) is 9.47 Å². The fraction of sp³-hybridized carbons (Fsp3) is 0.0833. The van der Waals surface area contributed by atoms with E-state index < -0.39 is 5.97 Å². The summed E-state index contributed by atoms with van der Waals surface area (Å²) in [4.78, 5) is 16.6. The number of aliphatic imine (C=N–C) groups is 1. The molecule has 1 aliphatic heterocycles. The summed E-state index contributed by atoms with van der Waals surface area (Å²) in [5.41, 5.74) is 4.09. The second-order valence-corrected chi connectivity index (χ2v) is 8.50. The van der Waals surface area contributed by atoms with Gasteiger partial charge in [0.05, 0.1) is 8.95 Å². The van der Waals surface area contributed by atoms with Crippen LogP contribution in [-0.2, 0) is 16.1 Å². The fourth-order valence-electron chi connectivity index (χ4n) is 3.03. The lowest BCUT2D eigenvalue weighted by molar-refractivity contribution is -0.129. The van der Waals surface area contributed by atoms with Crippen molar-refractivity contribution in [3.8, 4) is 5.75 Å². The molecule has 3 aromatic rings. The van der Waals surface area contributed by atoms with E-state index >= 15 is 0 Å². The van der Waals surface area contributed by atoms with Crippen LogP contribution in [0.2, 0.25) is 0 Å². The first-order chi connectivity index (χ1) is 14.5. The van der Waals surface area contributed by atoms with Crippen LogP contribution in [0.4, 0.5) is 0 Å². The Bertz CT molecular complexity index is 1150. The zero-order valence-corrected chi connectivity index (χ0v) is 19.2. The number of halogens is 2. The zero-order chi connectivity index (χ0) is 21.1. The van der Waals surface area contributed by atoms with Gasteiger partial charge in [0.25, 0.3) is 0 Å². The Morgan fingerprint density at radius 2 is 1.73 bits per heavy atom. The molecule has 3 aromatic carbocycles. The van der Waals surface area contributed by atoms with Crippen molar-refractivity contribution in [3.63, 3.8) is 0 Å². The summed E-state index contributed by atoms with van der Waals surface area (Å²) < 4.78 is 12.9. The number of carbonyl (C=O) groups is 1. The topological polar surface area (TPSA) is 47.9 Å². The maximum atomic E-state index is 12.2. The van der Waals surface area contributed by atoms with Gasteiger partial charge in [-0.15, -0.1) is 0 Å². The molecule has 30 heavy (non-hydrogen) atoms. The summed E-state index contributed by atoms with van der Waals surface area (Å²) in [5.74, 6) is 0.532. The highest BCUT2D eigenvalue weighted by molar-refractivity contribution is 9.11. The maximum absolute atomic E-state index is 12.2. The average molecular weight is 527 g/mol. The molecule has 0 radical (unpaired) electrons. The highest BCUT2D eigenvalue weighted by atomic mass is 79.9. The molecule has 0 saturated heterocycles. The van der Waals surface area contributed by atoms with Crippen LogP contribution < -0.4 is 4.74 Å². The second-order valence-electron chi connectivity index (χ2n) is 6.79. The number of cyclic esters (lactones) is 1. The number of benzene rings is 3. The van der Waals surface area contributed by atoms with Gasteiger partial charge >= 0.3 is 5.97 Å². The number of aryl methyl sites for hydroxylation is 1. The van der Waals surface area contributed by atoms with Crippen LogP contribution in [0.5, 0.6) is 5.75 Å². The number of esters is 1. The molecule has 0 unspecified atom stereocenters. The summed E-state index contributed by atoms with van der Waals surface area (Å²) in [7, 11) is 0. The number of rotatable bonds is 5. The first-order valence-corrected chi connectivity index (χ1v) is 10.8. The molecular weight excluding hydrogens is 510 g/mol.